The van der Waals surface area contributed by atoms with Gasteiger partial charge in [0.15, 0.2) is 5.78 Å². The highest BCUT2D eigenvalue weighted by atomic mass is 16.3. The smallest absolute Gasteiger partial charge is 0.161 e. The first kappa shape index (κ1) is 16.4. The van der Waals surface area contributed by atoms with E-state index in [0.717, 1.165) is 32.1 Å². The molecule has 0 amide bonds. The minimum absolute atomic E-state index is 0.0657. The zero-order chi connectivity index (χ0) is 14.5. The molecule has 19 heavy (non-hydrogen) atoms. The van der Waals surface area contributed by atoms with E-state index < -0.39 is 5.60 Å². The van der Waals surface area contributed by atoms with Gasteiger partial charge < -0.3 is 5.11 Å². The van der Waals surface area contributed by atoms with Gasteiger partial charge in [-0.15, -0.1) is 0 Å². The van der Waals surface area contributed by atoms with Gasteiger partial charge in [0.05, 0.1) is 0 Å². The number of Topliss-reactive ketones (excluding diaryl/α,β-unsaturated/α-hetero) is 2. The summed E-state index contributed by atoms with van der Waals surface area (Å²) < 4.78 is 0. The van der Waals surface area contributed by atoms with E-state index >= 15 is 0 Å². The number of aliphatic hydroxyl groups is 1. The minimum atomic E-state index is -0.988. The number of carbonyl (C=O) groups is 2. The van der Waals surface area contributed by atoms with Gasteiger partial charge in [-0.1, -0.05) is 20.3 Å². The first-order valence-electron chi connectivity index (χ1n) is 7.58. The van der Waals surface area contributed by atoms with Crippen LogP contribution in [0.15, 0.2) is 0 Å². The largest absolute Gasteiger partial charge is 0.382 e. The van der Waals surface area contributed by atoms with E-state index in [2.05, 4.69) is 13.8 Å². The summed E-state index contributed by atoms with van der Waals surface area (Å²) >= 11 is 0. The Morgan fingerprint density at radius 1 is 1.21 bits per heavy atom. The van der Waals surface area contributed by atoms with Crippen LogP contribution >= 0.6 is 0 Å². The van der Waals surface area contributed by atoms with Crippen LogP contribution in [0.3, 0.4) is 0 Å². The van der Waals surface area contributed by atoms with Crippen LogP contribution in [0.25, 0.3) is 0 Å². The van der Waals surface area contributed by atoms with Gasteiger partial charge in [0.1, 0.15) is 11.4 Å². The van der Waals surface area contributed by atoms with Gasteiger partial charge in [0, 0.05) is 12.8 Å². The molecule has 0 aliphatic heterocycles. The third-order valence-corrected chi connectivity index (χ3v) is 4.36. The molecule has 0 spiro atoms. The third kappa shape index (κ3) is 5.43. The highest BCUT2D eigenvalue weighted by molar-refractivity contribution is 5.84. The van der Waals surface area contributed by atoms with Crippen molar-refractivity contribution < 1.29 is 14.7 Å². The van der Waals surface area contributed by atoms with E-state index in [1.165, 1.54) is 13.3 Å². The number of carbonyl (C=O) groups excluding carboxylic acids is 2. The maximum atomic E-state index is 11.0. The molecule has 2 fully saturated rings. The van der Waals surface area contributed by atoms with Crippen LogP contribution in [0.1, 0.15) is 72.1 Å². The lowest BCUT2D eigenvalue weighted by atomic mass is 9.77. The van der Waals surface area contributed by atoms with Gasteiger partial charge in [-0.25, -0.2) is 0 Å². The van der Waals surface area contributed by atoms with Crippen molar-refractivity contribution in [3.8, 4) is 0 Å². The SMILES string of the molecule is CC(=O)[C@@]1(O)CCC[C@@H](C)C1.C[C@@H]1CCCC(=O)C1. The van der Waals surface area contributed by atoms with Crippen LogP contribution in [0, 0.1) is 11.8 Å². The van der Waals surface area contributed by atoms with Crippen molar-refractivity contribution in [2.45, 2.75) is 77.7 Å². The second kappa shape index (κ2) is 7.18. The molecule has 1 N–H and O–H groups in total. The average Bonchev–Trinajstić information content (AvgIpc) is 2.28. The highest BCUT2D eigenvalue weighted by Gasteiger charge is 2.36. The average molecular weight is 268 g/mol. The Balaban J connectivity index is 0.000000200. The molecule has 0 aromatic rings. The number of hydrogen-bond donors (Lipinski definition) is 1. The molecule has 110 valence electrons. The summed E-state index contributed by atoms with van der Waals surface area (Å²) in [5.41, 5.74) is -0.988. The molecule has 0 unspecified atom stereocenters. The molecular weight excluding hydrogens is 240 g/mol. The minimum Gasteiger partial charge on any atom is -0.382 e. The van der Waals surface area contributed by atoms with E-state index in [0.29, 0.717) is 30.5 Å². The Bertz CT molecular complexity index is 324. The van der Waals surface area contributed by atoms with E-state index in [1.807, 2.05) is 0 Å². The van der Waals surface area contributed by atoms with Crippen molar-refractivity contribution in [1.82, 2.24) is 0 Å². The molecule has 3 heteroatoms. The fraction of sp³-hybridized carbons (Fsp3) is 0.875. The maximum Gasteiger partial charge on any atom is 0.161 e. The molecule has 0 aromatic heterocycles. The van der Waals surface area contributed by atoms with Crippen LogP contribution in [0.2, 0.25) is 0 Å². The monoisotopic (exact) mass is 268 g/mol. The van der Waals surface area contributed by atoms with Crippen molar-refractivity contribution in [2.24, 2.45) is 11.8 Å². The first-order valence-corrected chi connectivity index (χ1v) is 7.58. The van der Waals surface area contributed by atoms with E-state index in [9.17, 15) is 14.7 Å². The van der Waals surface area contributed by atoms with Crippen LogP contribution in [0.4, 0.5) is 0 Å². The molecular formula is C16H28O3. The number of rotatable bonds is 1. The summed E-state index contributed by atoms with van der Waals surface area (Å²) in [6.45, 7) is 5.72. The lowest BCUT2D eigenvalue weighted by Gasteiger charge is -2.33. The summed E-state index contributed by atoms with van der Waals surface area (Å²) in [5.74, 6) is 1.56. The fourth-order valence-corrected chi connectivity index (χ4v) is 3.08. The van der Waals surface area contributed by atoms with Gasteiger partial charge in [0.2, 0.25) is 0 Å². The Kier molecular flexibility index (Phi) is 6.18. The Morgan fingerprint density at radius 3 is 2.21 bits per heavy atom. The molecule has 0 bridgehead atoms. The Hall–Kier alpha value is -0.700. The topological polar surface area (TPSA) is 54.4 Å². The standard InChI is InChI=1S/C9H16O2.C7H12O/c1-7-4-3-5-9(11,6-7)8(2)10;1-6-3-2-4-7(8)5-6/h7,11H,3-6H2,1-2H3;6H,2-5H2,1H3/t7-,9-;6-/m11/s1. The van der Waals surface area contributed by atoms with Crippen molar-refractivity contribution >= 4 is 11.6 Å². The number of hydrogen-bond acceptors (Lipinski definition) is 3. The van der Waals surface area contributed by atoms with Crippen LogP contribution < -0.4 is 0 Å². The predicted molar refractivity (Wildman–Crippen MR) is 75.9 cm³/mol. The third-order valence-electron chi connectivity index (χ3n) is 4.36. The van der Waals surface area contributed by atoms with Gasteiger partial charge in [-0.2, -0.15) is 0 Å². The molecule has 3 nitrogen and oxygen atoms in total. The van der Waals surface area contributed by atoms with Gasteiger partial charge >= 0.3 is 0 Å². The van der Waals surface area contributed by atoms with Gasteiger partial charge in [-0.05, 0) is 50.9 Å². The van der Waals surface area contributed by atoms with Crippen molar-refractivity contribution in [1.29, 1.82) is 0 Å². The second-order valence-corrected chi connectivity index (χ2v) is 6.53. The molecule has 0 aromatic carbocycles. The molecule has 0 saturated heterocycles. The van der Waals surface area contributed by atoms with Crippen molar-refractivity contribution in [2.75, 3.05) is 0 Å². The van der Waals surface area contributed by atoms with Crippen molar-refractivity contribution in [3.63, 3.8) is 0 Å². The first-order chi connectivity index (χ1) is 8.83. The molecule has 2 aliphatic rings. The van der Waals surface area contributed by atoms with Crippen molar-refractivity contribution in [3.05, 3.63) is 0 Å². The van der Waals surface area contributed by atoms with Gasteiger partial charge in [0.25, 0.3) is 0 Å². The molecule has 2 aliphatic carbocycles. The van der Waals surface area contributed by atoms with Crippen LogP contribution in [-0.4, -0.2) is 22.3 Å². The molecule has 2 saturated carbocycles. The molecule has 3 atom stereocenters. The molecule has 0 heterocycles. The zero-order valence-electron chi connectivity index (χ0n) is 12.6. The van der Waals surface area contributed by atoms with E-state index in [-0.39, 0.29) is 5.78 Å². The maximum absolute atomic E-state index is 11.0. The Labute approximate surface area is 116 Å². The fourth-order valence-electron chi connectivity index (χ4n) is 3.08. The highest BCUT2D eigenvalue weighted by Crippen LogP contribution is 2.32. The number of ketones is 2. The summed E-state index contributed by atoms with van der Waals surface area (Å²) in [6.07, 6.45) is 7.50. The van der Waals surface area contributed by atoms with Crippen LogP contribution in [-0.2, 0) is 9.59 Å². The summed E-state index contributed by atoms with van der Waals surface area (Å²) in [6, 6.07) is 0. The summed E-state index contributed by atoms with van der Waals surface area (Å²) in [4.78, 5) is 21.7. The zero-order valence-corrected chi connectivity index (χ0v) is 12.6. The molecule has 0 radical (unpaired) electrons. The lowest BCUT2D eigenvalue weighted by molar-refractivity contribution is -0.139. The van der Waals surface area contributed by atoms with Crippen LogP contribution in [0.5, 0.6) is 0 Å². The van der Waals surface area contributed by atoms with E-state index in [4.69, 9.17) is 0 Å². The second-order valence-electron chi connectivity index (χ2n) is 6.53. The summed E-state index contributed by atoms with van der Waals surface area (Å²) in [7, 11) is 0. The summed E-state index contributed by atoms with van der Waals surface area (Å²) in [5, 5.41) is 9.77. The predicted octanol–water partition coefficient (Wildman–Crippen LogP) is 3.28. The Morgan fingerprint density at radius 2 is 1.84 bits per heavy atom. The quantitative estimate of drug-likeness (QED) is 0.794. The molecule has 2 rings (SSSR count). The normalized spacial score (nSPS) is 35.3. The van der Waals surface area contributed by atoms with Gasteiger partial charge in [-0.3, -0.25) is 9.59 Å². The van der Waals surface area contributed by atoms with E-state index in [1.54, 1.807) is 0 Å². The lowest BCUT2D eigenvalue weighted by Crippen LogP contribution is -2.41.